The van der Waals surface area contributed by atoms with E-state index in [4.69, 9.17) is 16.0 Å². The molecule has 3 aromatic rings. The summed E-state index contributed by atoms with van der Waals surface area (Å²) >= 11 is 7.30. The minimum atomic E-state index is -0.427. The van der Waals surface area contributed by atoms with Crippen molar-refractivity contribution >= 4 is 39.8 Å². The second-order valence-corrected chi connectivity index (χ2v) is 7.95. The van der Waals surface area contributed by atoms with Crippen LogP contribution in [0.15, 0.2) is 53.1 Å². The van der Waals surface area contributed by atoms with Gasteiger partial charge in [-0.05, 0) is 49.2 Å². The summed E-state index contributed by atoms with van der Waals surface area (Å²) in [5.41, 5.74) is 0.312. The van der Waals surface area contributed by atoms with Gasteiger partial charge in [-0.3, -0.25) is 9.59 Å². The number of amides is 2. The van der Waals surface area contributed by atoms with Gasteiger partial charge in [0.1, 0.15) is 5.82 Å². The second-order valence-electron chi connectivity index (χ2n) is 6.46. The Hall–Kier alpha value is -2.64. The Labute approximate surface area is 169 Å². The van der Waals surface area contributed by atoms with Crippen molar-refractivity contribution in [2.75, 3.05) is 5.32 Å². The zero-order valence-corrected chi connectivity index (χ0v) is 16.2. The van der Waals surface area contributed by atoms with E-state index < -0.39 is 5.82 Å². The molecule has 0 atom stereocenters. The van der Waals surface area contributed by atoms with Gasteiger partial charge in [0.2, 0.25) is 0 Å². The van der Waals surface area contributed by atoms with Crippen molar-refractivity contribution in [1.29, 1.82) is 0 Å². The van der Waals surface area contributed by atoms with Gasteiger partial charge in [-0.25, -0.2) is 4.39 Å². The number of rotatable bonds is 6. The van der Waals surface area contributed by atoms with Crippen LogP contribution in [-0.4, -0.2) is 22.8 Å². The maximum Gasteiger partial charge on any atom is 0.291 e. The Kier molecular flexibility index (Phi) is 5.19. The Balaban J connectivity index is 1.51. The van der Waals surface area contributed by atoms with Gasteiger partial charge in [-0.2, -0.15) is 0 Å². The predicted octanol–water partition coefficient (Wildman–Crippen LogP) is 5.19. The fraction of sp³-hybridized carbons (Fsp3) is 0.200. The molecule has 0 bridgehead atoms. The van der Waals surface area contributed by atoms with Gasteiger partial charge >= 0.3 is 0 Å². The van der Waals surface area contributed by atoms with E-state index in [9.17, 15) is 14.0 Å². The molecule has 144 valence electrons. The normalized spacial score (nSPS) is 13.4. The van der Waals surface area contributed by atoms with E-state index in [0.717, 1.165) is 12.8 Å². The number of carbonyl (C=O) groups excluding carboxylic acids is 2. The minimum Gasteiger partial charge on any atom is -0.459 e. The van der Waals surface area contributed by atoms with Crippen molar-refractivity contribution in [2.24, 2.45) is 0 Å². The zero-order chi connectivity index (χ0) is 19.7. The largest absolute Gasteiger partial charge is 0.459 e. The van der Waals surface area contributed by atoms with Crippen LogP contribution in [0, 0.1) is 5.82 Å². The van der Waals surface area contributed by atoms with Gasteiger partial charge in [0.15, 0.2) is 5.76 Å². The van der Waals surface area contributed by atoms with Crippen molar-refractivity contribution in [3.8, 4) is 0 Å². The molecule has 5 nitrogen and oxygen atoms in total. The number of carbonyl (C=O) groups is 2. The molecule has 2 heterocycles. The van der Waals surface area contributed by atoms with Gasteiger partial charge < -0.3 is 14.6 Å². The molecule has 0 spiro atoms. The molecule has 4 rings (SSSR count). The van der Waals surface area contributed by atoms with E-state index in [1.807, 2.05) is 0 Å². The Morgan fingerprint density at radius 1 is 1.21 bits per heavy atom. The van der Waals surface area contributed by atoms with Crippen LogP contribution in [-0.2, 0) is 6.54 Å². The van der Waals surface area contributed by atoms with Crippen LogP contribution in [0.3, 0.4) is 0 Å². The van der Waals surface area contributed by atoms with Crippen LogP contribution in [0.1, 0.15) is 38.6 Å². The molecule has 28 heavy (non-hydrogen) atoms. The Bertz CT molecular complexity index is 994. The lowest BCUT2D eigenvalue weighted by Crippen LogP contribution is -2.32. The molecule has 8 heteroatoms. The average Bonchev–Trinajstić information content (AvgIpc) is 3.17. The fourth-order valence-corrected chi connectivity index (χ4v) is 3.93. The van der Waals surface area contributed by atoms with E-state index >= 15 is 0 Å². The van der Waals surface area contributed by atoms with Crippen molar-refractivity contribution in [3.63, 3.8) is 0 Å². The van der Waals surface area contributed by atoms with Crippen molar-refractivity contribution in [3.05, 3.63) is 75.8 Å². The standard InChI is InChI=1S/C20H16ClFN2O3S/c21-14-3-1-4-15(22)13(14)11-24(12-6-7-12)20(26)17-8-9-18(28-17)23-19(25)16-5-2-10-27-16/h1-5,8-10,12H,6-7,11H2,(H,23,25). The summed E-state index contributed by atoms with van der Waals surface area (Å²) in [5, 5.41) is 3.54. The van der Waals surface area contributed by atoms with Crippen LogP contribution in [0.2, 0.25) is 5.02 Å². The molecule has 2 aromatic heterocycles. The van der Waals surface area contributed by atoms with E-state index in [1.54, 1.807) is 35.2 Å². The number of thiophene rings is 1. The van der Waals surface area contributed by atoms with E-state index in [2.05, 4.69) is 5.32 Å². The fourth-order valence-electron chi connectivity index (χ4n) is 2.85. The maximum absolute atomic E-state index is 14.2. The van der Waals surface area contributed by atoms with E-state index in [0.29, 0.717) is 20.5 Å². The highest BCUT2D eigenvalue weighted by atomic mass is 35.5. The molecule has 0 radical (unpaired) electrons. The van der Waals surface area contributed by atoms with Crippen LogP contribution in [0.25, 0.3) is 0 Å². The number of hydrogen-bond acceptors (Lipinski definition) is 4. The summed E-state index contributed by atoms with van der Waals surface area (Å²) in [6.45, 7) is 0.112. The first-order valence-electron chi connectivity index (χ1n) is 8.71. The first-order chi connectivity index (χ1) is 13.5. The van der Waals surface area contributed by atoms with Gasteiger partial charge in [0.05, 0.1) is 22.7 Å². The van der Waals surface area contributed by atoms with Crippen molar-refractivity contribution in [1.82, 2.24) is 4.90 Å². The first-order valence-corrected chi connectivity index (χ1v) is 9.91. The van der Waals surface area contributed by atoms with Crippen LogP contribution in [0.4, 0.5) is 9.39 Å². The average molecular weight is 419 g/mol. The number of nitrogens with zero attached hydrogens (tertiary/aromatic N) is 1. The lowest BCUT2D eigenvalue weighted by Gasteiger charge is -2.22. The SMILES string of the molecule is O=C(Nc1ccc(C(=O)N(Cc2c(F)cccc2Cl)C2CC2)s1)c1ccco1. The maximum atomic E-state index is 14.2. The van der Waals surface area contributed by atoms with Gasteiger partial charge in [-0.15, -0.1) is 11.3 Å². The minimum absolute atomic E-state index is 0.0754. The molecule has 1 fully saturated rings. The third-order valence-corrected chi connectivity index (χ3v) is 5.78. The monoisotopic (exact) mass is 418 g/mol. The summed E-state index contributed by atoms with van der Waals surface area (Å²) < 4.78 is 19.2. The van der Waals surface area contributed by atoms with Gasteiger partial charge in [0, 0.05) is 16.6 Å². The number of furan rings is 1. The molecular formula is C20H16ClFN2O3S. The van der Waals surface area contributed by atoms with Gasteiger partial charge in [-0.1, -0.05) is 17.7 Å². The third-order valence-electron chi connectivity index (χ3n) is 4.44. The number of hydrogen-bond donors (Lipinski definition) is 1. The Morgan fingerprint density at radius 2 is 2.04 bits per heavy atom. The highest BCUT2D eigenvalue weighted by molar-refractivity contribution is 7.18. The molecule has 1 saturated carbocycles. The molecule has 0 unspecified atom stereocenters. The lowest BCUT2D eigenvalue weighted by molar-refractivity contribution is 0.0733. The third kappa shape index (κ3) is 3.95. The quantitative estimate of drug-likeness (QED) is 0.599. The molecular weight excluding hydrogens is 403 g/mol. The lowest BCUT2D eigenvalue weighted by atomic mass is 10.2. The number of anilines is 1. The number of benzene rings is 1. The Morgan fingerprint density at radius 3 is 2.71 bits per heavy atom. The topological polar surface area (TPSA) is 62.6 Å². The molecule has 1 aliphatic carbocycles. The number of halogens is 2. The second kappa shape index (κ2) is 7.77. The summed E-state index contributed by atoms with van der Waals surface area (Å²) in [6, 6.07) is 11.1. The molecule has 2 amide bonds. The summed E-state index contributed by atoms with van der Waals surface area (Å²) in [7, 11) is 0. The van der Waals surface area contributed by atoms with Crippen molar-refractivity contribution < 1.29 is 18.4 Å². The summed E-state index contributed by atoms with van der Waals surface area (Å²) in [5.74, 6) is -0.827. The van der Waals surface area contributed by atoms with Crippen LogP contribution in [0.5, 0.6) is 0 Å². The smallest absolute Gasteiger partial charge is 0.291 e. The molecule has 1 aliphatic rings. The highest BCUT2D eigenvalue weighted by Gasteiger charge is 2.34. The van der Waals surface area contributed by atoms with Crippen LogP contribution < -0.4 is 5.32 Å². The predicted molar refractivity (Wildman–Crippen MR) is 105 cm³/mol. The molecule has 1 aromatic carbocycles. The number of nitrogens with one attached hydrogen (secondary N) is 1. The molecule has 1 N–H and O–H groups in total. The summed E-state index contributed by atoms with van der Waals surface area (Å²) in [4.78, 5) is 27.2. The van der Waals surface area contributed by atoms with E-state index in [1.165, 1.54) is 29.7 Å². The molecule has 0 saturated heterocycles. The highest BCUT2D eigenvalue weighted by Crippen LogP contribution is 2.34. The summed E-state index contributed by atoms with van der Waals surface area (Å²) in [6.07, 6.45) is 3.18. The van der Waals surface area contributed by atoms with Crippen molar-refractivity contribution in [2.45, 2.75) is 25.4 Å². The first kappa shape index (κ1) is 18.7. The van der Waals surface area contributed by atoms with Gasteiger partial charge in [0.25, 0.3) is 11.8 Å². The van der Waals surface area contributed by atoms with E-state index in [-0.39, 0.29) is 30.2 Å². The molecule has 0 aliphatic heterocycles. The zero-order valence-electron chi connectivity index (χ0n) is 14.7. The van der Waals surface area contributed by atoms with Crippen LogP contribution >= 0.6 is 22.9 Å².